The second kappa shape index (κ2) is 8.19. The van der Waals surface area contributed by atoms with Gasteiger partial charge in [-0.3, -0.25) is 15.5 Å². The predicted molar refractivity (Wildman–Crippen MR) is 103 cm³/mol. The van der Waals surface area contributed by atoms with Crippen LogP contribution in [0.15, 0.2) is 59.0 Å². The number of hydrogen-bond acceptors (Lipinski definition) is 8. The van der Waals surface area contributed by atoms with Crippen molar-refractivity contribution in [3.05, 3.63) is 75.2 Å². The lowest BCUT2D eigenvalue weighted by molar-refractivity contribution is -0.384. The molecule has 2 aromatic carbocycles. The lowest BCUT2D eigenvalue weighted by Gasteiger charge is -1.99. The molecule has 9 heteroatoms. The van der Waals surface area contributed by atoms with E-state index in [1.807, 2.05) is 0 Å². The second-order valence-corrected chi connectivity index (χ2v) is 6.19. The fourth-order valence-corrected chi connectivity index (χ4v) is 2.89. The molecule has 0 amide bonds. The Balaban J connectivity index is 1.66. The van der Waals surface area contributed by atoms with Crippen molar-refractivity contribution in [2.75, 3.05) is 12.5 Å². The molecule has 1 heterocycles. The third kappa shape index (κ3) is 4.53. The molecule has 0 spiro atoms. The van der Waals surface area contributed by atoms with Gasteiger partial charge in [0.15, 0.2) is 0 Å². The van der Waals surface area contributed by atoms with E-state index in [-0.39, 0.29) is 5.69 Å². The zero-order chi connectivity index (χ0) is 19.2. The summed E-state index contributed by atoms with van der Waals surface area (Å²) < 4.78 is 4.65. The first-order valence-corrected chi connectivity index (χ1v) is 8.62. The third-order valence-corrected chi connectivity index (χ3v) is 4.31. The van der Waals surface area contributed by atoms with Crippen molar-refractivity contribution >= 4 is 34.3 Å². The van der Waals surface area contributed by atoms with Gasteiger partial charge in [-0.1, -0.05) is 24.3 Å². The van der Waals surface area contributed by atoms with E-state index in [0.29, 0.717) is 22.0 Å². The highest BCUT2D eigenvalue weighted by molar-refractivity contribution is 7.14. The maximum absolute atomic E-state index is 11.4. The minimum absolute atomic E-state index is 0.0171. The molecule has 8 nitrogen and oxygen atoms in total. The summed E-state index contributed by atoms with van der Waals surface area (Å²) in [6, 6.07) is 13.1. The third-order valence-electron chi connectivity index (χ3n) is 3.56. The van der Waals surface area contributed by atoms with Gasteiger partial charge >= 0.3 is 5.97 Å². The summed E-state index contributed by atoms with van der Waals surface area (Å²) in [4.78, 5) is 26.2. The number of rotatable bonds is 6. The number of hydrogen-bond donors (Lipinski definition) is 1. The molecule has 27 heavy (non-hydrogen) atoms. The Morgan fingerprint density at radius 2 is 2.07 bits per heavy atom. The highest BCUT2D eigenvalue weighted by Gasteiger charge is 2.09. The Morgan fingerprint density at radius 1 is 1.30 bits per heavy atom. The molecule has 3 aromatic rings. The van der Waals surface area contributed by atoms with E-state index < -0.39 is 10.9 Å². The molecule has 0 aliphatic heterocycles. The van der Waals surface area contributed by atoms with Crippen LogP contribution >= 0.6 is 11.3 Å². The molecule has 0 saturated heterocycles. The Kier molecular flexibility index (Phi) is 5.53. The zero-order valence-corrected chi connectivity index (χ0v) is 15.0. The van der Waals surface area contributed by atoms with E-state index in [2.05, 4.69) is 20.2 Å². The SMILES string of the molecule is COC(=O)c1ccc(/C=N/Nc2nc(-c3cccc([N+](=O)[O-])c3)cs2)cc1. The Morgan fingerprint density at radius 3 is 2.78 bits per heavy atom. The van der Waals surface area contributed by atoms with Gasteiger partial charge in [0.2, 0.25) is 5.13 Å². The first-order valence-electron chi connectivity index (χ1n) is 7.74. The number of esters is 1. The molecule has 136 valence electrons. The number of carbonyl (C=O) groups is 1. The van der Waals surface area contributed by atoms with Crippen LogP contribution in [0.3, 0.4) is 0 Å². The number of methoxy groups -OCH3 is 1. The maximum atomic E-state index is 11.4. The molecule has 0 bridgehead atoms. The van der Waals surface area contributed by atoms with Gasteiger partial charge in [-0.05, 0) is 17.7 Å². The number of nitrogens with zero attached hydrogens (tertiary/aromatic N) is 3. The quantitative estimate of drug-likeness (QED) is 0.299. The molecular formula is C18H14N4O4S. The Bertz CT molecular complexity index is 999. The first-order chi connectivity index (χ1) is 13.1. The zero-order valence-electron chi connectivity index (χ0n) is 14.2. The van der Waals surface area contributed by atoms with Crippen molar-refractivity contribution in [1.82, 2.24) is 4.98 Å². The molecule has 0 fully saturated rings. The van der Waals surface area contributed by atoms with E-state index in [1.165, 1.54) is 30.6 Å². The average molecular weight is 382 g/mol. The summed E-state index contributed by atoms with van der Waals surface area (Å²) in [7, 11) is 1.33. The standard InChI is InChI=1S/C18H14N4O4S/c1-26-17(23)13-7-5-12(6-8-13)10-19-21-18-20-16(11-27-18)14-3-2-4-15(9-14)22(24)25/h2-11H,1H3,(H,20,21)/b19-10+. The van der Waals surface area contributed by atoms with Crippen molar-refractivity contribution < 1.29 is 14.5 Å². The maximum Gasteiger partial charge on any atom is 0.337 e. The molecule has 3 rings (SSSR count). The van der Waals surface area contributed by atoms with Crippen LogP contribution in [0, 0.1) is 10.1 Å². The van der Waals surface area contributed by atoms with Crippen LogP contribution in [-0.2, 0) is 4.74 Å². The van der Waals surface area contributed by atoms with Gasteiger partial charge in [0.25, 0.3) is 5.69 Å². The van der Waals surface area contributed by atoms with Crippen LogP contribution in [0.1, 0.15) is 15.9 Å². The van der Waals surface area contributed by atoms with Gasteiger partial charge < -0.3 is 4.74 Å². The first kappa shape index (κ1) is 18.2. The minimum atomic E-state index is -0.440. The number of benzene rings is 2. The summed E-state index contributed by atoms with van der Waals surface area (Å²) in [5.41, 5.74) is 5.39. The molecule has 0 unspecified atom stereocenters. The molecule has 0 aliphatic rings. The number of nitrogens with one attached hydrogen (secondary N) is 1. The molecule has 0 atom stereocenters. The van der Waals surface area contributed by atoms with E-state index in [9.17, 15) is 14.9 Å². The Labute approximate surface area is 158 Å². The number of non-ortho nitro benzene ring substituents is 1. The minimum Gasteiger partial charge on any atom is -0.465 e. The van der Waals surface area contributed by atoms with E-state index in [1.54, 1.807) is 48.0 Å². The van der Waals surface area contributed by atoms with Gasteiger partial charge in [0.05, 0.1) is 29.5 Å². The van der Waals surface area contributed by atoms with Gasteiger partial charge in [0.1, 0.15) is 0 Å². The van der Waals surface area contributed by atoms with Crippen LogP contribution in [0.5, 0.6) is 0 Å². The summed E-state index contributed by atoms with van der Waals surface area (Å²) in [5.74, 6) is -0.395. The van der Waals surface area contributed by atoms with Crippen molar-refractivity contribution in [2.24, 2.45) is 5.10 Å². The largest absolute Gasteiger partial charge is 0.465 e. The van der Waals surface area contributed by atoms with Crippen molar-refractivity contribution in [2.45, 2.75) is 0 Å². The number of hydrazone groups is 1. The van der Waals surface area contributed by atoms with Gasteiger partial charge in [-0.2, -0.15) is 5.10 Å². The number of anilines is 1. The van der Waals surface area contributed by atoms with E-state index in [0.717, 1.165) is 5.56 Å². The molecule has 0 aliphatic carbocycles. The van der Waals surface area contributed by atoms with Gasteiger partial charge in [-0.25, -0.2) is 9.78 Å². The highest BCUT2D eigenvalue weighted by atomic mass is 32.1. The topological polar surface area (TPSA) is 107 Å². The summed E-state index contributed by atoms with van der Waals surface area (Å²) in [6.45, 7) is 0. The van der Waals surface area contributed by atoms with E-state index in [4.69, 9.17) is 0 Å². The summed E-state index contributed by atoms with van der Waals surface area (Å²) >= 11 is 1.34. The smallest absolute Gasteiger partial charge is 0.337 e. The molecular weight excluding hydrogens is 368 g/mol. The average Bonchev–Trinajstić information content (AvgIpc) is 3.17. The highest BCUT2D eigenvalue weighted by Crippen LogP contribution is 2.27. The fourth-order valence-electron chi connectivity index (χ4n) is 2.22. The lowest BCUT2D eigenvalue weighted by atomic mass is 10.1. The number of ether oxygens (including phenoxy) is 1. The van der Waals surface area contributed by atoms with Crippen LogP contribution < -0.4 is 5.43 Å². The summed E-state index contributed by atoms with van der Waals surface area (Å²) in [6.07, 6.45) is 1.59. The van der Waals surface area contributed by atoms with Gasteiger partial charge in [-0.15, -0.1) is 11.3 Å². The van der Waals surface area contributed by atoms with Crippen LogP contribution in [0.4, 0.5) is 10.8 Å². The number of thiazole rings is 1. The number of nitro benzene ring substituents is 1. The van der Waals surface area contributed by atoms with Gasteiger partial charge in [0, 0.05) is 23.1 Å². The monoisotopic (exact) mass is 382 g/mol. The number of carbonyl (C=O) groups excluding carboxylic acids is 1. The van der Waals surface area contributed by atoms with Crippen molar-refractivity contribution in [1.29, 1.82) is 0 Å². The normalized spacial score (nSPS) is 10.7. The Hall–Kier alpha value is -3.59. The molecule has 1 N–H and O–H groups in total. The van der Waals surface area contributed by atoms with E-state index >= 15 is 0 Å². The lowest BCUT2D eigenvalue weighted by Crippen LogP contribution is -2.00. The number of aromatic nitrogens is 1. The molecule has 0 radical (unpaired) electrons. The molecule has 1 aromatic heterocycles. The van der Waals surface area contributed by atoms with Crippen LogP contribution in [0.25, 0.3) is 11.3 Å². The summed E-state index contributed by atoms with van der Waals surface area (Å²) in [5, 5.41) is 17.3. The van der Waals surface area contributed by atoms with Crippen molar-refractivity contribution in [3.63, 3.8) is 0 Å². The second-order valence-electron chi connectivity index (χ2n) is 5.33. The van der Waals surface area contributed by atoms with Crippen LogP contribution in [-0.4, -0.2) is 29.2 Å². The predicted octanol–water partition coefficient (Wildman–Crippen LogP) is 3.95. The number of nitro groups is 1. The fraction of sp³-hybridized carbons (Fsp3) is 0.0556. The van der Waals surface area contributed by atoms with Crippen LogP contribution in [0.2, 0.25) is 0 Å². The molecule has 0 saturated carbocycles. The van der Waals surface area contributed by atoms with Crippen molar-refractivity contribution in [3.8, 4) is 11.3 Å².